The van der Waals surface area contributed by atoms with Gasteiger partial charge in [-0.05, 0) is 18.1 Å². The van der Waals surface area contributed by atoms with Crippen LogP contribution in [0.1, 0.15) is 17.0 Å². The first kappa shape index (κ1) is 11.4. The van der Waals surface area contributed by atoms with Gasteiger partial charge in [-0.15, -0.1) is 11.6 Å². The van der Waals surface area contributed by atoms with Gasteiger partial charge in [-0.25, -0.2) is 4.98 Å². The highest BCUT2D eigenvalue weighted by molar-refractivity contribution is 7.09. The highest BCUT2D eigenvalue weighted by Gasteiger charge is 2.00. The van der Waals surface area contributed by atoms with Gasteiger partial charge < -0.3 is 5.32 Å². The van der Waals surface area contributed by atoms with Crippen LogP contribution in [0, 0.1) is 6.92 Å². The third-order valence-electron chi connectivity index (χ3n) is 2.12. The molecule has 0 aliphatic rings. The van der Waals surface area contributed by atoms with Crippen molar-refractivity contribution >= 4 is 28.3 Å². The van der Waals surface area contributed by atoms with Gasteiger partial charge in [-0.3, -0.25) is 0 Å². The van der Waals surface area contributed by atoms with E-state index in [4.69, 9.17) is 11.6 Å². The molecule has 0 atom stereocenters. The van der Waals surface area contributed by atoms with Crippen molar-refractivity contribution < 1.29 is 0 Å². The van der Waals surface area contributed by atoms with E-state index in [-0.39, 0.29) is 0 Å². The fourth-order valence-electron chi connectivity index (χ4n) is 1.37. The third kappa shape index (κ3) is 2.93. The first-order chi connectivity index (χ1) is 7.78. The third-order valence-corrected chi connectivity index (χ3v) is 3.19. The fraction of sp³-hybridized carbons (Fsp3) is 0.273. The quantitative estimate of drug-likeness (QED) is 0.851. The van der Waals surface area contributed by atoms with Crippen LogP contribution < -0.4 is 5.32 Å². The zero-order valence-electron chi connectivity index (χ0n) is 8.90. The van der Waals surface area contributed by atoms with Crippen molar-refractivity contribution in [2.24, 2.45) is 0 Å². The molecule has 0 aliphatic heterocycles. The lowest BCUT2D eigenvalue weighted by Crippen LogP contribution is -1.99. The molecule has 0 saturated heterocycles. The predicted octanol–water partition coefficient (Wildman–Crippen LogP) is 3.20. The molecule has 2 rings (SSSR count). The van der Waals surface area contributed by atoms with Crippen molar-refractivity contribution in [3.63, 3.8) is 0 Å². The van der Waals surface area contributed by atoms with Gasteiger partial charge in [-0.1, -0.05) is 24.3 Å². The molecule has 5 heteroatoms. The topological polar surface area (TPSA) is 37.8 Å². The van der Waals surface area contributed by atoms with E-state index in [2.05, 4.69) is 26.8 Å². The van der Waals surface area contributed by atoms with Crippen LogP contribution in [0.25, 0.3) is 0 Å². The van der Waals surface area contributed by atoms with E-state index in [9.17, 15) is 0 Å². The Morgan fingerprint density at radius 2 is 2.19 bits per heavy atom. The van der Waals surface area contributed by atoms with Crippen molar-refractivity contribution in [3.8, 4) is 0 Å². The summed E-state index contributed by atoms with van der Waals surface area (Å²) in [5.41, 5.74) is 2.33. The van der Waals surface area contributed by atoms with Gasteiger partial charge in [-0.2, -0.15) is 4.37 Å². The number of hydrogen-bond donors (Lipinski definition) is 1. The Labute approximate surface area is 104 Å². The molecule has 0 amide bonds. The lowest BCUT2D eigenvalue weighted by atomic mass is 10.1. The molecule has 0 aliphatic carbocycles. The maximum Gasteiger partial charge on any atom is 0.202 e. The first-order valence-corrected chi connectivity index (χ1v) is 6.26. The predicted molar refractivity (Wildman–Crippen MR) is 68.0 cm³/mol. The molecule has 0 radical (unpaired) electrons. The summed E-state index contributed by atoms with van der Waals surface area (Å²) in [4.78, 5) is 4.24. The van der Waals surface area contributed by atoms with Crippen LogP contribution >= 0.6 is 23.1 Å². The Bertz CT molecular complexity index is 470. The van der Waals surface area contributed by atoms with Gasteiger partial charge >= 0.3 is 0 Å². The average molecular weight is 254 g/mol. The number of rotatable bonds is 4. The molecule has 1 aromatic heterocycles. The van der Waals surface area contributed by atoms with E-state index >= 15 is 0 Å². The average Bonchev–Trinajstić information content (AvgIpc) is 2.73. The van der Waals surface area contributed by atoms with Crippen molar-refractivity contribution in [3.05, 3.63) is 41.2 Å². The summed E-state index contributed by atoms with van der Waals surface area (Å²) >= 11 is 7.16. The molecule has 0 saturated carbocycles. The summed E-state index contributed by atoms with van der Waals surface area (Å²) in [6.07, 6.45) is 0. The normalized spacial score (nSPS) is 10.4. The number of alkyl halides is 1. The maximum atomic E-state index is 5.78. The molecule has 1 heterocycles. The Balaban J connectivity index is 1.99. The summed E-state index contributed by atoms with van der Waals surface area (Å²) in [5.74, 6) is 1.35. The molecule has 0 spiro atoms. The van der Waals surface area contributed by atoms with Gasteiger partial charge in [0.05, 0.1) is 0 Å². The van der Waals surface area contributed by atoms with Crippen LogP contribution in [0.5, 0.6) is 0 Å². The van der Waals surface area contributed by atoms with Crippen LogP contribution in [-0.2, 0) is 12.4 Å². The van der Waals surface area contributed by atoms with Crippen molar-refractivity contribution in [1.29, 1.82) is 0 Å². The number of aryl methyl sites for hydroxylation is 1. The molecule has 16 heavy (non-hydrogen) atoms. The van der Waals surface area contributed by atoms with E-state index < -0.39 is 0 Å². The highest BCUT2D eigenvalue weighted by atomic mass is 35.5. The molecule has 1 aromatic carbocycles. The molecule has 0 unspecified atom stereocenters. The Hall–Kier alpha value is -1.13. The number of anilines is 1. The van der Waals surface area contributed by atoms with Crippen LogP contribution in [0.15, 0.2) is 24.3 Å². The molecule has 84 valence electrons. The number of hydrogen-bond acceptors (Lipinski definition) is 4. The second-order valence-electron chi connectivity index (χ2n) is 3.45. The monoisotopic (exact) mass is 253 g/mol. The Morgan fingerprint density at radius 1 is 1.38 bits per heavy atom. The molecular formula is C11H12ClN3S. The SMILES string of the molecule is Cc1nsc(NCc2cccc(CCl)c2)n1. The second kappa shape index (κ2) is 5.27. The van der Waals surface area contributed by atoms with Crippen molar-refractivity contribution in [1.82, 2.24) is 9.36 Å². The van der Waals surface area contributed by atoms with E-state index in [1.165, 1.54) is 17.1 Å². The van der Waals surface area contributed by atoms with Crippen LogP contribution in [0.3, 0.4) is 0 Å². The highest BCUT2D eigenvalue weighted by Crippen LogP contribution is 2.13. The number of benzene rings is 1. The van der Waals surface area contributed by atoms with Gasteiger partial charge in [0.2, 0.25) is 5.13 Å². The number of nitrogens with zero attached hydrogens (tertiary/aromatic N) is 2. The fourth-order valence-corrected chi connectivity index (χ4v) is 2.10. The van der Waals surface area contributed by atoms with Gasteiger partial charge in [0.1, 0.15) is 5.82 Å². The number of nitrogens with one attached hydrogen (secondary N) is 1. The zero-order chi connectivity index (χ0) is 11.4. The molecule has 0 bridgehead atoms. The summed E-state index contributed by atoms with van der Waals surface area (Å²) in [7, 11) is 0. The summed E-state index contributed by atoms with van der Waals surface area (Å²) in [6, 6.07) is 8.19. The van der Waals surface area contributed by atoms with Crippen molar-refractivity contribution in [2.45, 2.75) is 19.3 Å². The van der Waals surface area contributed by atoms with Crippen LogP contribution in [0.4, 0.5) is 5.13 Å². The maximum absolute atomic E-state index is 5.78. The minimum Gasteiger partial charge on any atom is -0.356 e. The molecular weight excluding hydrogens is 242 g/mol. The van der Waals surface area contributed by atoms with Crippen LogP contribution in [0.2, 0.25) is 0 Å². The summed E-state index contributed by atoms with van der Waals surface area (Å²) in [5, 5.41) is 4.09. The van der Waals surface area contributed by atoms with Crippen molar-refractivity contribution in [2.75, 3.05) is 5.32 Å². The lowest BCUT2D eigenvalue weighted by Gasteiger charge is -2.03. The van der Waals surface area contributed by atoms with Gasteiger partial charge in [0.15, 0.2) is 0 Å². The van der Waals surface area contributed by atoms with E-state index in [1.807, 2.05) is 19.1 Å². The molecule has 0 fully saturated rings. The molecule has 3 nitrogen and oxygen atoms in total. The Morgan fingerprint density at radius 3 is 2.88 bits per heavy atom. The summed E-state index contributed by atoms with van der Waals surface area (Å²) < 4.78 is 4.11. The first-order valence-electron chi connectivity index (χ1n) is 4.96. The standard InChI is InChI=1S/C11H12ClN3S/c1-8-14-11(16-15-8)13-7-10-4-2-3-9(5-10)6-12/h2-5H,6-7H2,1H3,(H,13,14,15). The minimum atomic E-state index is 0.547. The van der Waals surface area contributed by atoms with Crippen LogP contribution in [-0.4, -0.2) is 9.36 Å². The second-order valence-corrected chi connectivity index (χ2v) is 4.47. The van der Waals surface area contributed by atoms with E-state index in [0.29, 0.717) is 5.88 Å². The summed E-state index contributed by atoms with van der Waals surface area (Å²) in [6.45, 7) is 2.63. The van der Waals surface area contributed by atoms with E-state index in [1.54, 1.807) is 0 Å². The lowest BCUT2D eigenvalue weighted by molar-refractivity contribution is 1.10. The number of halogens is 1. The van der Waals surface area contributed by atoms with Gasteiger partial charge in [0, 0.05) is 24.0 Å². The molecule has 1 N–H and O–H groups in total. The number of aromatic nitrogens is 2. The minimum absolute atomic E-state index is 0.547. The zero-order valence-corrected chi connectivity index (χ0v) is 10.5. The Kier molecular flexibility index (Phi) is 3.74. The largest absolute Gasteiger partial charge is 0.356 e. The van der Waals surface area contributed by atoms with E-state index in [0.717, 1.165) is 23.1 Å². The molecule has 2 aromatic rings. The van der Waals surface area contributed by atoms with Gasteiger partial charge in [0.25, 0.3) is 0 Å². The smallest absolute Gasteiger partial charge is 0.202 e.